The largest absolute Gasteiger partial charge is 0.472 e. The first kappa shape index (κ1) is 86.8. The molecule has 0 heterocycles. The molecule has 0 bridgehead atoms. The topological polar surface area (TPSA) is 108 Å². The Hall–Kier alpha value is -1.25. The van der Waals surface area contributed by atoms with Crippen molar-refractivity contribution >= 4 is 19.8 Å². The van der Waals surface area contributed by atoms with Crippen LogP contribution in [0.4, 0.5) is 0 Å². The summed E-state index contributed by atoms with van der Waals surface area (Å²) in [5.74, 6) is -0.769. The lowest BCUT2D eigenvalue weighted by atomic mass is 10.0. The maximum absolute atomic E-state index is 12.9. The maximum Gasteiger partial charge on any atom is 0.472 e. The molecule has 0 aliphatic carbocycles. The van der Waals surface area contributed by atoms with Crippen molar-refractivity contribution in [3.63, 3.8) is 0 Å². The van der Waals surface area contributed by atoms with E-state index < -0.39 is 26.5 Å². The molecular formula is C78H155NO8P+. The average molecular weight is 1270 g/mol. The molecule has 10 heteroatoms. The number of quaternary nitrogens is 1. The van der Waals surface area contributed by atoms with Crippen LogP contribution in [0, 0.1) is 0 Å². The Morgan fingerprint density at radius 2 is 0.580 bits per heavy atom. The van der Waals surface area contributed by atoms with Gasteiger partial charge in [-0.1, -0.05) is 386 Å². The summed E-state index contributed by atoms with van der Waals surface area (Å²) in [5, 5.41) is 0. The van der Waals surface area contributed by atoms with Gasteiger partial charge in [0, 0.05) is 12.8 Å². The van der Waals surface area contributed by atoms with Crippen LogP contribution in [0.1, 0.15) is 425 Å². The third-order valence-corrected chi connectivity index (χ3v) is 19.3. The number of allylic oxidation sites excluding steroid dienone is 2. The number of phosphoric ester groups is 1. The molecule has 9 nitrogen and oxygen atoms in total. The van der Waals surface area contributed by atoms with Crippen molar-refractivity contribution in [3.05, 3.63) is 12.2 Å². The summed E-state index contributed by atoms with van der Waals surface area (Å²) in [6.45, 7) is 4.53. The summed E-state index contributed by atoms with van der Waals surface area (Å²) in [7, 11) is 1.51. The molecule has 2 unspecified atom stereocenters. The number of unbranched alkanes of at least 4 members (excludes halogenated alkanes) is 59. The van der Waals surface area contributed by atoms with Crippen molar-refractivity contribution < 1.29 is 42.1 Å². The molecule has 524 valence electrons. The number of likely N-dealkylation sites (N-methyl/N-ethyl adjacent to an activating group) is 1. The lowest BCUT2D eigenvalue weighted by Gasteiger charge is -2.24. The normalized spacial score (nSPS) is 13.0. The van der Waals surface area contributed by atoms with E-state index in [1.165, 1.54) is 360 Å². The predicted octanol–water partition coefficient (Wildman–Crippen LogP) is 25.8. The Morgan fingerprint density at radius 1 is 0.341 bits per heavy atom. The zero-order chi connectivity index (χ0) is 64.1. The molecule has 0 aliphatic rings. The smallest absolute Gasteiger partial charge is 0.462 e. The van der Waals surface area contributed by atoms with E-state index in [0.717, 1.165) is 32.1 Å². The SMILES string of the molecule is CCCCCCCCCC/C=C\CCCCCCCCCCCCCCCCCC(=O)OC(COC(=O)CCCCCCCCCCCCCCCCCCCCCCCCCCCCCCCCCCCCCCC)COP(=O)(O)OCC[N+](C)(C)C. The number of phosphoric acid groups is 1. The summed E-state index contributed by atoms with van der Waals surface area (Å²) < 4.78 is 34.8. The van der Waals surface area contributed by atoms with Gasteiger partial charge in [0.15, 0.2) is 6.10 Å². The van der Waals surface area contributed by atoms with Crippen LogP contribution in [0.3, 0.4) is 0 Å². The van der Waals surface area contributed by atoms with Crippen molar-refractivity contribution in [1.29, 1.82) is 0 Å². The van der Waals surface area contributed by atoms with Gasteiger partial charge in [-0.25, -0.2) is 4.57 Å². The highest BCUT2D eigenvalue weighted by molar-refractivity contribution is 7.47. The van der Waals surface area contributed by atoms with Gasteiger partial charge in [-0.05, 0) is 38.5 Å². The van der Waals surface area contributed by atoms with E-state index in [1.54, 1.807) is 0 Å². The van der Waals surface area contributed by atoms with Gasteiger partial charge < -0.3 is 18.9 Å². The summed E-state index contributed by atoms with van der Waals surface area (Å²) in [6.07, 6.45) is 88.0. The Bertz CT molecular complexity index is 1490. The Labute approximate surface area is 549 Å². The van der Waals surface area contributed by atoms with Gasteiger partial charge in [0.05, 0.1) is 27.7 Å². The Balaban J connectivity index is 3.88. The van der Waals surface area contributed by atoms with Crippen LogP contribution in [-0.4, -0.2) is 74.9 Å². The minimum absolute atomic E-state index is 0.0364. The van der Waals surface area contributed by atoms with Gasteiger partial charge in [-0.15, -0.1) is 0 Å². The average Bonchev–Trinajstić information content (AvgIpc) is 3.60. The third-order valence-electron chi connectivity index (χ3n) is 18.3. The van der Waals surface area contributed by atoms with Gasteiger partial charge in [-0.2, -0.15) is 0 Å². The van der Waals surface area contributed by atoms with Gasteiger partial charge in [0.1, 0.15) is 19.8 Å². The fraction of sp³-hybridized carbons (Fsp3) is 0.949. The van der Waals surface area contributed by atoms with Crippen molar-refractivity contribution in [2.24, 2.45) is 0 Å². The van der Waals surface area contributed by atoms with E-state index in [4.69, 9.17) is 18.5 Å². The first-order valence-corrected chi connectivity index (χ1v) is 40.9. The highest BCUT2D eigenvalue weighted by Gasteiger charge is 2.27. The minimum Gasteiger partial charge on any atom is -0.462 e. The highest BCUT2D eigenvalue weighted by Crippen LogP contribution is 2.43. The molecule has 0 rings (SSSR count). The second-order valence-electron chi connectivity index (χ2n) is 28.5. The molecular weight excluding hydrogens is 1110 g/mol. The number of hydrogen-bond acceptors (Lipinski definition) is 7. The molecule has 0 saturated heterocycles. The number of rotatable bonds is 75. The van der Waals surface area contributed by atoms with E-state index in [-0.39, 0.29) is 25.6 Å². The van der Waals surface area contributed by atoms with E-state index in [2.05, 4.69) is 26.0 Å². The number of carbonyl (C=O) groups is 2. The zero-order valence-electron chi connectivity index (χ0n) is 60.0. The lowest BCUT2D eigenvalue weighted by molar-refractivity contribution is -0.870. The van der Waals surface area contributed by atoms with Crippen LogP contribution in [0.25, 0.3) is 0 Å². The fourth-order valence-corrected chi connectivity index (χ4v) is 13.0. The molecule has 0 aromatic rings. The van der Waals surface area contributed by atoms with Crippen LogP contribution in [0.2, 0.25) is 0 Å². The number of nitrogens with zero attached hydrogens (tertiary/aromatic N) is 1. The lowest BCUT2D eigenvalue weighted by Crippen LogP contribution is -2.37. The number of hydrogen-bond donors (Lipinski definition) is 1. The van der Waals surface area contributed by atoms with Gasteiger partial charge in [0.25, 0.3) is 0 Å². The van der Waals surface area contributed by atoms with Crippen molar-refractivity contribution in [3.8, 4) is 0 Å². The number of esters is 2. The summed E-state index contributed by atoms with van der Waals surface area (Å²) in [4.78, 5) is 35.9. The quantitative estimate of drug-likeness (QED) is 0.0211. The van der Waals surface area contributed by atoms with Gasteiger partial charge in [0.2, 0.25) is 0 Å². The zero-order valence-corrected chi connectivity index (χ0v) is 60.9. The predicted molar refractivity (Wildman–Crippen MR) is 381 cm³/mol. The van der Waals surface area contributed by atoms with E-state index in [1.807, 2.05) is 21.1 Å². The first-order valence-electron chi connectivity index (χ1n) is 39.4. The van der Waals surface area contributed by atoms with Crippen LogP contribution in [0.5, 0.6) is 0 Å². The number of ether oxygens (including phenoxy) is 2. The van der Waals surface area contributed by atoms with E-state index in [9.17, 15) is 19.0 Å². The van der Waals surface area contributed by atoms with Crippen LogP contribution in [0.15, 0.2) is 12.2 Å². The Morgan fingerprint density at radius 3 is 0.841 bits per heavy atom. The second-order valence-corrected chi connectivity index (χ2v) is 29.9. The van der Waals surface area contributed by atoms with Gasteiger partial charge in [-0.3, -0.25) is 18.6 Å². The van der Waals surface area contributed by atoms with Crippen LogP contribution < -0.4 is 0 Å². The first-order chi connectivity index (χ1) is 43.0. The Kier molecular flexibility index (Phi) is 69.1. The molecule has 2 atom stereocenters. The van der Waals surface area contributed by atoms with Crippen molar-refractivity contribution in [2.45, 2.75) is 431 Å². The van der Waals surface area contributed by atoms with E-state index >= 15 is 0 Å². The molecule has 0 saturated carbocycles. The molecule has 88 heavy (non-hydrogen) atoms. The van der Waals surface area contributed by atoms with Crippen molar-refractivity contribution in [2.75, 3.05) is 47.5 Å². The summed E-state index contributed by atoms with van der Waals surface area (Å²) in [5.41, 5.74) is 0. The second kappa shape index (κ2) is 70.1. The van der Waals surface area contributed by atoms with Crippen LogP contribution >= 0.6 is 7.82 Å². The van der Waals surface area contributed by atoms with Crippen molar-refractivity contribution in [1.82, 2.24) is 0 Å². The third kappa shape index (κ3) is 73.8. The molecule has 0 fully saturated rings. The number of carbonyl (C=O) groups excluding carboxylic acids is 2. The monoisotopic (exact) mass is 1270 g/mol. The standard InChI is InChI=1S/C78H154NO8P/c1-6-8-10-12-14-16-18-20-22-24-26-28-30-32-34-35-36-37-38-39-40-41-42-43-45-46-48-50-52-54-56-58-60-62-64-66-68-70-77(80)84-74-76(75-86-88(82,83)85-73-72-79(3,4)5)87-78(81)71-69-67-65-63-61-59-57-55-53-51-49-47-44-33-31-29-27-25-23-21-19-17-15-13-11-9-7-2/h25,27,76H,6-24,26,28-75H2,1-5H3/p+1/b27-25-. The van der Waals surface area contributed by atoms with Crippen LogP contribution in [-0.2, 0) is 32.7 Å². The molecule has 0 radical (unpaired) electrons. The van der Waals surface area contributed by atoms with E-state index in [0.29, 0.717) is 23.9 Å². The highest BCUT2D eigenvalue weighted by atomic mass is 31.2. The molecule has 0 amide bonds. The molecule has 0 aromatic carbocycles. The van der Waals surface area contributed by atoms with Gasteiger partial charge >= 0.3 is 19.8 Å². The molecule has 1 N–H and O–H groups in total. The molecule has 0 aliphatic heterocycles. The maximum atomic E-state index is 12.9. The summed E-state index contributed by atoms with van der Waals surface area (Å²) in [6, 6.07) is 0. The fourth-order valence-electron chi connectivity index (χ4n) is 12.3. The summed E-state index contributed by atoms with van der Waals surface area (Å²) >= 11 is 0. The minimum atomic E-state index is -4.39. The molecule has 0 spiro atoms. The molecule has 0 aromatic heterocycles.